The molecule has 0 unspecified atom stereocenters. The Bertz CT molecular complexity index is 935. The van der Waals surface area contributed by atoms with Gasteiger partial charge in [0, 0.05) is 31.6 Å². The van der Waals surface area contributed by atoms with Crippen LogP contribution in [0, 0.1) is 11.3 Å². The lowest BCUT2D eigenvalue weighted by Crippen LogP contribution is -2.48. The largest absolute Gasteiger partial charge is 0.367 e. The van der Waals surface area contributed by atoms with Crippen LogP contribution >= 0.6 is 22.7 Å². The minimum absolute atomic E-state index is 0.0124. The van der Waals surface area contributed by atoms with Gasteiger partial charge in [-0.2, -0.15) is 5.26 Å². The number of nitrogens with zero attached hydrogens (tertiary/aromatic N) is 5. The fraction of sp³-hybridized carbons (Fsp3) is 0.222. The minimum Gasteiger partial charge on any atom is -0.367 e. The molecular weight excluding hydrogens is 366 g/mol. The number of anilines is 1. The van der Waals surface area contributed by atoms with E-state index in [9.17, 15) is 4.79 Å². The lowest BCUT2D eigenvalue weighted by Gasteiger charge is -2.35. The molecule has 0 aliphatic carbocycles. The van der Waals surface area contributed by atoms with E-state index in [4.69, 9.17) is 5.26 Å². The van der Waals surface area contributed by atoms with Crippen LogP contribution in [0.3, 0.4) is 0 Å². The number of pyridine rings is 1. The molecule has 1 aliphatic heterocycles. The number of aromatic nitrogens is 2. The molecule has 0 bridgehead atoms. The van der Waals surface area contributed by atoms with Gasteiger partial charge in [0.2, 0.25) is 0 Å². The zero-order valence-electron chi connectivity index (χ0n) is 13.8. The highest BCUT2D eigenvalue weighted by Gasteiger charge is 2.24. The predicted molar refractivity (Wildman–Crippen MR) is 102 cm³/mol. The summed E-state index contributed by atoms with van der Waals surface area (Å²) in [5.41, 5.74) is 1.91. The van der Waals surface area contributed by atoms with E-state index in [0.29, 0.717) is 24.5 Å². The molecule has 26 heavy (non-hydrogen) atoms. The second-order valence-corrected chi connectivity index (χ2v) is 7.61. The summed E-state index contributed by atoms with van der Waals surface area (Å²) in [6.07, 6.45) is 1.71. The van der Waals surface area contributed by atoms with Gasteiger partial charge < -0.3 is 9.80 Å². The topological polar surface area (TPSA) is 73.1 Å². The van der Waals surface area contributed by atoms with Gasteiger partial charge in [0.15, 0.2) is 0 Å². The Morgan fingerprint density at radius 1 is 1.15 bits per heavy atom. The Hall–Kier alpha value is -2.76. The molecule has 0 radical (unpaired) electrons. The van der Waals surface area contributed by atoms with Gasteiger partial charge in [-0.25, -0.2) is 9.97 Å². The maximum absolute atomic E-state index is 12.7. The Morgan fingerprint density at radius 2 is 2.00 bits per heavy atom. The molecule has 1 amide bonds. The lowest BCUT2D eigenvalue weighted by molar-refractivity contribution is 0.0742. The van der Waals surface area contributed by atoms with Gasteiger partial charge in [0.25, 0.3) is 5.91 Å². The number of carbonyl (C=O) groups excluding carboxylic acids is 1. The Labute approximate surface area is 159 Å². The summed E-state index contributed by atoms with van der Waals surface area (Å²) in [6.45, 7) is 2.76. The van der Waals surface area contributed by atoms with E-state index in [1.807, 2.05) is 39.9 Å². The lowest BCUT2D eigenvalue weighted by atomic mass is 10.2. The molecule has 4 heterocycles. The molecular formula is C18H15N5OS2. The van der Waals surface area contributed by atoms with Crippen molar-refractivity contribution >= 4 is 34.3 Å². The zero-order chi connectivity index (χ0) is 17.9. The first kappa shape index (κ1) is 16.7. The summed E-state index contributed by atoms with van der Waals surface area (Å²) in [7, 11) is 0. The molecule has 130 valence electrons. The number of hydrogen-bond acceptors (Lipinski definition) is 7. The molecule has 1 fully saturated rings. The van der Waals surface area contributed by atoms with Gasteiger partial charge in [-0.15, -0.1) is 22.7 Å². The highest BCUT2D eigenvalue weighted by Crippen LogP contribution is 2.28. The highest BCUT2D eigenvalue weighted by molar-refractivity contribution is 7.20. The van der Waals surface area contributed by atoms with Crippen molar-refractivity contribution in [1.29, 1.82) is 5.26 Å². The molecule has 8 heteroatoms. The van der Waals surface area contributed by atoms with Gasteiger partial charge in [-0.05, 0) is 23.6 Å². The average molecular weight is 381 g/mol. The summed E-state index contributed by atoms with van der Waals surface area (Å²) in [5, 5.41) is 13.6. The van der Waals surface area contributed by atoms with Crippen LogP contribution in [0.5, 0.6) is 0 Å². The molecule has 0 N–H and O–H groups in total. The number of carbonyl (C=O) groups is 1. The molecule has 0 aromatic carbocycles. The molecule has 1 saturated heterocycles. The van der Waals surface area contributed by atoms with Crippen molar-refractivity contribution in [3.63, 3.8) is 0 Å². The van der Waals surface area contributed by atoms with Crippen molar-refractivity contribution in [2.24, 2.45) is 0 Å². The summed E-state index contributed by atoms with van der Waals surface area (Å²) in [4.78, 5) is 26.4. The SMILES string of the molecule is N#Cc1ccc(N2CCN(C(=O)c3csc(-c4cccs4)n3)CC2)cn1. The van der Waals surface area contributed by atoms with Gasteiger partial charge >= 0.3 is 0 Å². The number of nitriles is 1. The summed E-state index contributed by atoms with van der Waals surface area (Å²) < 4.78 is 0. The number of rotatable bonds is 3. The molecule has 3 aromatic heterocycles. The fourth-order valence-electron chi connectivity index (χ4n) is 2.85. The summed E-state index contributed by atoms with van der Waals surface area (Å²) >= 11 is 3.13. The number of thiophene rings is 1. The van der Waals surface area contributed by atoms with Gasteiger partial charge in [-0.1, -0.05) is 6.07 Å². The van der Waals surface area contributed by atoms with Crippen LogP contribution in [0.1, 0.15) is 16.2 Å². The van der Waals surface area contributed by atoms with E-state index >= 15 is 0 Å². The molecule has 4 rings (SSSR count). The van der Waals surface area contributed by atoms with Crippen LogP contribution in [0.25, 0.3) is 9.88 Å². The Morgan fingerprint density at radius 3 is 2.65 bits per heavy atom. The second kappa shape index (κ2) is 7.23. The van der Waals surface area contributed by atoms with E-state index in [1.54, 1.807) is 23.6 Å². The molecule has 1 aliphatic rings. The number of amides is 1. The van der Waals surface area contributed by atoms with Crippen molar-refractivity contribution in [1.82, 2.24) is 14.9 Å². The van der Waals surface area contributed by atoms with Gasteiger partial charge in [-0.3, -0.25) is 4.79 Å². The molecule has 0 saturated carbocycles. The first-order valence-corrected chi connectivity index (χ1v) is 9.90. The van der Waals surface area contributed by atoms with Gasteiger partial charge in [0.1, 0.15) is 22.5 Å². The van der Waals surface area contributed by atoms with Crippen molar-refractivity contribution in [3.05, 3.63) is 52.6 Å². The smallest absolute Gasteiger partial charge is 0.273 e. The van der Waals surface area contributed by atoms with E-state index in [1.165, 1.54) is 11.3 Å². The number of hydrogen-bond donors (Lipinski definition) is 0. The van der Waals surface area contributed by atoms with E-state index in [-0.39, 0.29) is 5.91 Å². The van der Waals surface area contributed by atoms with Crippen molar-refractivity contribution < 1.29 is 4.79 Å². The van der Waals surface area contributed by atoms with E-state index in [0.717, 1.165) is 28.7 Å². The van der Waals surface area contributed by atoms with Crippen molar-refractivity contribution in [2.45, 2.75) is 0 Å². The first-order chi connectivity index (χ1) is 12.7. The maximum Gasteiger partial charge on any atom is 0.273 e. The minimum atomic E-state index is -0.0124. The first-order valence-electron chi connectivity index (χ1n) is 8.14. The van der Waals surface area contributed by atoms with Crippen LogP contribution in [0.4, 0.5) is 5.69 Å². The summed E-state index contributed by atoms with van der Waals surface area (Å²) in [5.74, 6) is -0.0124. The monoisotopic (exact) mass is 381 g/mol. The number of piperazine rings is 1. The van der Waals surface area contributed by atoms with Crippen LogP contribution in [0.15, 0.2) is 41.2 Å². The fourth-order valence-corrected chi connectivity index (χ4v) is 4.46. The normalized spacial score (nSPS) is 14.3. The maximum atomic E-state index is 12.7. The molecule has 0 spiro atoms. The third kappa shape index (κ3) is 3.31. The predicted octanol–water partition coefficient (Wildman–Crippen LogP) is 3.10. The molecule has 0 atom stereocenters. The van der Waals surface area contributed by atoms with Crippen LogP contribution < -0.4 is 4.90 Å². The second-order valence-electron chi connectivity index (χ2n) is 5.81. The molecule has 3 aromatic rings. The zero-order valence-corrected chi connectivity index (χ0v) is 15.5. The van der Waals surface area contributed by atoms with Gasteiger partial charge in [0.05, 0.1) is 16.8 Å². The van der Waals surface area contributed by atoms with Crippen molar-refractivity contribution in [2.75, 3.05) is 31.1 Å². The summed E-state index contributed by atoms with van der Waals surface area (Å²) in [6, 6.07) is 9.64. The van der Waals surface area contributed by atoms with E-state index in [2.05, 4.69) is 14.9 Å². The van der Waals surface area contributed by atoms with Crippen LogP contribution in [0.2, 0.25) is 0 Å². The third-order valence-electron chi connectivity index (χ3n) is 4.25. The van der Waals surface area contributed by atoms with E-state index < -0.39 is 0 Å². The number of thiazole rings is 1. The average Bonchev–Trinajstić information content (AvgIpc) is 3.39. The Kier molecular flexibility index (Phi) is 4.65. The van der Waals surface area contributed by atoms with Crippen LogP contribution in [-0.4, -0.2) is 47.0 Å². The quantitative estimate of drug-likeness (QED) is 0.697. The van der Waals surface area contributed by atoms with Crippen molar-refractivity contribution in [3.8, 4) is 16.0 Å². The highest BCUT2D eigenvalue weighted by atomic mass is 32.1. The molecule has 6 nitrogen and oxygen atoms in total. The van der Waals surface area contributed by atoms with Crippen LogP contribution in [-0.2, 0) is 0 Å². The standard InChI is InChI=1S/C18H15N5OS2/c19-10-13-3-4-14(11-20-13)22-5-7-23(8-6-22)18(24)15-12-26-17(21-15)16-2-1-9-25-16/h1-4,9,11-12H,5-8H2. The Balaban J connectivity index is 1.39. The third-order valence-corrected chi connectivity index (χ3v) is 6.13.